The van der Waals surface area contributed by atoms with Gasteiger partial charge in [-0.2, -0.15) is 0 Å². The Bertz CT molecular complexity index is 2300. The van der Waals surface area contributed by atoms with Crippen LogP contribution in [0, 0.1) is 20.2 Å². The second-order valence-corrected chi connectivity index (χ2v) is 10.5. The van der Waals surface area contributed by atoms with Crippen molar-refractivity contribution in [2.45, 2.75) is 0 Å². The van der Waals surface area contributed by atoms with Crippen molar-refractivity contribution in [3.8, 4) is 33.4 Å². The number of hydrogen-bond acceptors (Lipinski definition) is 6. The lowest BCUT2D eigenvalue weighted by atomic mass is 9.79. The number of hydrogen-bond donors (Lipinski definition) is 0. The normalized spacial score (nSPS) is 12.8. The van der Waals surface area contributed by atoms with Crippen molar-refractivity contribution in [1.29, 1.82) is 0 Å². The van der Waals surface area contributed by atoms with E-state index in [0.717, 1.165) is 5.39 Å². The van der Waals surface area contributed by atoms with E-state index in [1.54, 1.807) is 30.3 Å². The summed E-state index contributed by atoms with van der Waals surface area (Å²) < 4.78 is 0. The van der Waals surface area contributed by atoms with Crippen LogP contribution in [-0.2, 0) is 0 Å². The number of nitro groups is 2. The van der Waals surface area contributed by atoms with Gasteiger partial charge in [0.1, 0.15) is 0 Å². The number of non-ortho nitro benzene ring substituents is 2. The maximum atomic E-state index is 13.4. The van der Waals surface area contributed by atoms with Gasteiger partial charge in [0.05, 0.1) is 15.2 Å². The Hall–Kier alpha value is -6.02. The Labute approximate surface area is 236 Å². The van der Waals surface area contributed by atoms with Crippen LogP contribution in [0.1, 0.15) is 31.8 Å². The molecular formula is C34H16N2O6. The van der Waals surface area contributed by atoms with Crippen molar-refractivity contribution in [2.24, 2.45) is 0 Å². The van der Waals surface area contributed by atoms with Crippen molar-refractivity contribution in [1.82, 2.24) is 0 Å². The van der Waals surface area contributed by atoms with Crippen LogP contribution in [0.25, 0.3) is 54.9 Å². The highest BCUT2D eigenvalue weighted by Gasteiger charge is 2.30. The zero-order valence-corrected chi connectivity index (χ0v) is 21.6. The molecule has 0 atom stereocenters. The van der Waals surface area contributed by atoms with Gasteiger partial charge in [0.15, 0.2) is 11.6 Å². The first-order chi connectivity index (χ1) is 20.3. The monoisotopic (exact) mass is 548 g/mol. The fraction of sp³-hybridized carbons (Fsp3) is 0. The van der Waals surface area contributed by atoms with E-state index in [0.29, 0.717) is 71.8 Å². The van der Waals surface area contributed by atoms with E-state index >= 15 is 0 Å². The number of nitro benzene ring substituents is 2. The van der Waals surface area contributed by atoms with Crippen molar-refractivity contribution >= 4 is 44.5 Å². The maximum Gasteiger partial charge on any atom is 0.277 e. The maximum absolute atomic E-state index is 13.4. The van der Waals surface area contributed by atoms with Crippen LogP contribution >= 0.6 is 0 Å². The molecule has 198 valence electrons. The molecule has 0 aliphatic heterocycles. The molecule has 2 aliphatic carbocycles. The molecular weight excluding hydrogens is 532 g/mol. The third-order valence-corrected chi connectivity index (χ3v) is 8.30. The molecule has 42 heavy (non-hydrogen) atoms. The SMILES string of the molecule is O=C1c2ccc([N+](=O)[O-])cc2-c2cc(-c3cc4c5c(ccc([N+](=O)[O-])c5c3)C(=O)c3ccccc3-4)cc3cccc1c23. The van der Waals surface area contributed by atoms with Gasteiger partial charge in [-0.05, 0) is 69.6 Å². The van der Waals surface area contributed by atoms with Gasteiger partial charge in [-0.25, -0.2) is 0 Å². The quantitative estimate of drug-likeness (QED) is 0.163. The first kappa shape index (κ1) is 23.8. The molecule has 0 saturated heterocycles. The Morgan fingerprint density at radius 3 is 1.83 bits per heavy atom. The number of carbonyl (C=O) groups is 2. The van der Waals surface area contributed by atoms with Crippen LogP contribution in [0.3, 0.4) is 0 Å². The summed E-state index contributed by atoms with van der Waals surface area (Å²) in [7, 11) is 0. The van der Waals surface area contributed by atoms with Gasteiger partial charge in [-0.1, -0.05) is 42.5 Å². The zero-order valence-electron chi connectivity index (χ0n) is 21.6. The molecule has 0 radical (unpaired) electrons. The Morgan fingerprint density at radius 2 is 1.10 bits per heavy atom. The predicted molar refractivity (Wildman–Crippen MR) is 158 cm³/mol. The topological polar surface area (TPSA) is 120 Å². The van der Waals surface area contributed by atoms with Crippen molar-refractivity contribution in [3.63, 3.8) is 0 Å². The number of nitrogens with zero attached hydrogens (tertiary/aromatic N) is 2. The summed E-state index contributed by atoms with van der Waals surface area (Å²) in [6.45, 7) is 0. The van der Waals surface area contributed by atoms with Gasteiger partial charge < -0.3 is 0 Å². The minimum atomic E-state index is -0.490. The van der Waals surface area contributed by atoms with Gasteiger partial charge in [0, 0.05) is 56.8 Å². The minimum absolute atomic E-state index is 0.111. The Balaban J connectivity index is 1.48. The van der Waals surface area contributed by atoms with Gasteiger partial charge in [0.25, 0.3) is 11.4 Å². The molecule has 2 aliphatic rings. The predicted octanol–water partition coefficient (Wildman–Crippen LogP) is 7.90. The number of benzene rings is 6. The molecule has 6 aromatic rings. The second kappa shape index (κ2) is 8.25. The van der Waals surface area contributed by atoms with E-state index in [9.17, 15) is 29.8 Å². The number of carbonyl (C=O) groups excluding carboxylic acids is 2. The Morgan fingerprint density at radius 1 is 0.476 bits per heavy atom. The van der Waals surface area contributed by atoms with E-state index < -0.39 is 9.85 Å². The summed E-state index contributed by atoms with van der Waals surface area (Å²) in [5, 5.41) is 26.1. The average molecular weight is 549 g/mol. The zero-order chi connectivity index (χ0) is 28.9. The van der Waals surface area contributed by atoms with Crippen molar-refractivity contribution < 1.29 is 19.4 Å². The molecule has 0 N–H and O–H groups in total. The highest BCUT2D eigenvalue weighted by atomic mass is 16.6. The molecule has 0 spiro atoms. The summed E-state index contributed by atoms with van der Waals surface area (Å²) in [5.41, 5.74) is 5.51. The second-order valence-electron chi connectivity index (χ2n) is 10.5. The van der Waals surface area contributed by atoms with Crippen LogP contribution in [0.15, 0.2) is 97.1 Å². The largest absolute Gasteiger partial charge is 0.289 e. The van der Waals surface area contributed by atoms with Gasteiger partial charge in [-0.15, -0.1) is 0 Å². The summed E-state index contributed by atoms with van der Waals surface area (Å²) >= 11 is 0. The number of rotatable bonds is 3. The first-order valence-corrected chi connectivity index (χ1v) is 13.1. The molecule has 8 heteroatoms. The summed E-state index contributed by atoms with van der Waals surface area (Å²) in [4.78, 5) is 49.6. The molecule has 0 bridgehead atoms. The molecule has 0 amide bonds. The van der Waals surface area contributed by atoms with Crippen LogP contribution in [0.5, 0.6) is 0 Å². The van der Waals surface area contributed by atoms with Gasteiger partial charge in [-0.3, -0.25) is 29.8 Å². The summed E-state index contributed by atoms with van der Waals surface area (Å²) in [5.74, 6) is -0.387. The van der Waals surface area contributed by atoms with Crippen LogP contribution in [-0.4, -0.2) is 21.4 Å². The van der Waals surface area contributed by atoms with E-state index in [1.165, 1.54) is 30.3 Å². The molecule has 0 fully saturated rings. The molecule has 8 nitrogen and oxygen atoms in total. The molecule has 8 rings (SSSR count). The first-order valence-electron chi connectivity index (χ1n) is 13.1. The fourth-order valence-corrected chi connectivity index (χ4v) is 6.47. The summed E-state index contributed by atoms with van der Waals surface area (Å²) in [6, 6.07) is 27.2. The third kappa shape index (κ3) is 3.11. The van der Waals surface area contributed by atoms with E-state index in [2.05, 4.69) is 0 Å². The number of fused-ring (bicyclic) bond motifs is 4. The van der Waals surface area contributed by atoms with Crippen LogP contribution in [0.2, 0.25) is 0 Å². The standard InChI is InChI=1S/C34H16N2O6/c37-33-22-6-2-1-5-21(22)27-14-19(15-29-30(36(41)42)11-10-25(33)32(27)29)18-12-17-4-3-7-24-31(17)28(13-18)26-16-20(35(39)40)8-9-23(26)34(24)38/h1-16H. The lowest BCUT2D eigenvalue weighted by molar-refractivity contribution is -0.384. The number of ketones is 2. The lowest BCUT2D eigenvalue weighted by Gasteiger charge is -2.23. The van der Waals surface area contributed by atoms with Crippen molar-refractivity contribution in [3.05, 3.63) is 140 Å². The van der Waals surface area contributed by atoms with E-state index in [4.69, 9.17) is 0 Å². The van der Waals surface area contributed by atoms with Crippen molar-refractivity contribution in [2.75, 3.05) is 0 Å². The lowest BCUT2D eigenvalue weighted by Crippen LogP contribution is -2.11. The highest BCUT2D eigenvalue weighted by Crippen LogP contribution is 2.47. The van der Waals surface area contributed by atoms with E-state index in [1.807, 2.05) is 36.4 Å². The average Bonchev–Trinajstić information content (AvgIpc) is 3.01. The molecule has 0 unspecified atom stereocenters. The van der Waals surface area contributed by atoms with Gasteiger partial charge >= 0.3 is 0 Å². The smallest absolute Gasteiger partial charge is 0.277 e. The van der Waals surface area contributed by atoms with Crippen LogP contribution in [0.4, 0.5) is 11.4 Å². The molecule has 0 saturated carbocycles. The minimum Gasteiger partial charge on any atom is -0.289 e. The molecule has 6 aromatic carbocycles. The fourth-order valence-electron chi connectivity index (χ4n) is 6.47. The van der Waals surface area contributed by atoms with E-state index in [-0.39, 0.29) is 22.9 Å². The summed E-state index contributed by atoms with van der Waals surface area (Å²) in [6.07, 6.45) is 0. The molecule has 0 aromatic heterocycles. The molecule has 0 heterocycles. The Kier molecular flexibility index (Phi) is 4.68. The van der Waals surface area contributed by atoms with Gasteiger partial charge in [0.2, 0.25) is 0 Å². The highest BCUT2D eigenvalue weighted by molar-refractivity contribution is 6.28. The van der Waals surface area contributed by atoms with Crippen LogP contribution < -0.4 is 0 Å². The third-order valence-electron chi connectivity index (χ3n) is 8.30.